The highest BCUT2D eigenvalue weighted by Crippen LogP contribution is 1.97. The second kappa shape index (κ2) is 3.53. The first-order valence-electron chi connectivity index (χ1n) is 3.10. The smallest absolute Gasteiger partial charge is 0.237 e. The normalized spacial score (nSPS) is 16.9. The van der Waals surface area contributed by atoms with Crippen LogP contribution >= 0.6 is 0 Å². The Bertz CT molecular complexity index is 115. The maximum atomic E-state index is 10.6. The zero-order valence-corrected chi connectivity index (χ0v) is 6.53. The molecule has 0 rings (SSSR count). The molecule has 0 aromatic rings. The maximum absolute atomic E-state index is 10.6. The van der Waals surface area contributed by atoms with Gasteiger partial charge in [0.15, 0.2) is 0 Å². The summed E-state index contributed by atoms with van der Waals surface area (Å²) in [6.45, 7) is 1.54. The van der Waals surface area contributed by atoms with E-state index < -0.39 is 18.1 Å². The first-order chi connectivity index (χ1) is 4.46. The summed E-state index contributed by atoms with van der Waals surface area (Å²) < 4.78 is 0. The van der Waals surface area contributed by atoms with Crippen LogP contribution in [0, 0.1) is 0 Å². The summed E-state index contributed by atoms with van der Waals surface area (Å²) in [5, 5.41) is 9.01. The van der Waals surface area contributed by atoms with Crippen LogP contribution in [0.1, 0.15) is 6.92 Å². The second-order valence-electron chi connectivity index (χ2n) is 2.55. The fourth-order valence-electron chi connectivity index (χ4n) is 0.924. The van der Waals surface area contributed by atoms with Crippen molar-refractivity contribution in [3.8, 4) is 0 Å². The minimum Gasteiger partial charge on any atom is -0.391 e. The third-order valence-corrected chi connectivity index (χ3v) is 1.30. The minimum absolute atomic E-state index is 0.500. The molecule has 0 aliphatic rings. The molecule has 0 spiro atoms. The Labute approximate surface area is 60.6 Å². The number of nitrogens with two attached hydrogens (primary N) is 1. The van der Waals surface area contributed by atoms with Crippen LogP contribution in [0.5, 0.6) is 0 Å². The fourth-order valence-corrected chi connectivity index (χ4v) is 0.924. The molecular weight excluding hydrogens is 132 g/mol. The van der Waals surface area contributed by atoms with Gasteiger partial charge in [0, 0.05) is 0 Å². The Kier molecular flexibility index (Phi) is 3.32. The Morgan fingerprint density at radius 3 is 2.00 bits per heavy atom. The fraction of sp³-hybridized carbons (Fsp3) is 0.833. The number of rotatable bonds is 3. The van der Waals surface area contributed by atoms with Crippen molar-refractivity contribution >= 4 is 5.91 Å². The van der Waals surface area contributed by atoms with Crippen LogP contribution in [0.25, 0.3) is 0 Å². The van der Waals surface area contributed by atoms with Crippen LogP contribution in [0.4, 0.5) is 0 Å². The Hall–Kier alpha value is -0.610. The van der Waals surface area contributed by atoms with Crippen molar-refractivity contribution in [3.05, 3.63) is 0 Å². The number of amides is 1. The highest BCUT2D eigenvalue weighted by molar-refractivity contribution is 5.80. The van der Waals surface area contributed by atoms with Gasteiger partial charge in [-0.25, -0.2) is 0 Å². The molecule has 10 heavy (non-hydrogen) atoms. The third-order valence-electron chi connectivity index (χ3n) is 1.30. The summed E-state index contributed by atoms with van der Waals surface area (Å²) in [5.74, 6) is -0.500. The SMILES string of the molecule is CC(O)C(C(N)=O)N(C)C. The van der Waals surface area contributed by atoms with Crippen molar-refractivity contribution in [1.82, 2.24) is 4.90 Å². The molecular formula is C6H14N2O2. The molecule has 0 fully saturated rings. The van der Waals surface area contributed by atoms with E-state index in [-0.39, 0.29) is 0 Å². The van der Waals surface area contributed by atoms with Gasteiger partial charge in [-0.2, -0.15) is 0 Å². The number of hydrogen-bond donors (Lipinski definition) is 2. The maximum Gasteiger partial charge on any atom is 0.237 e. The molecule has 0 bridgehead atoms. The summed E-state index contributed by atoms with van der Waals surface area (Å²) in [5.41, 5.74) is 5.00. The molecule has 0 aromatic carbocycles. The number of carbonyl (C=O) groups is 1. The lowest BCUT2D eigenvalue weighted by Gasteiger charge is -2.23. The Morgan fingerprint density at radius 2 is 2.00 bits per heavy atom. The van der Waals surface area contributed by atoms with Gasteiger partial charge in [0.25, 0.3) is 0 Å². The van der Waals surface area contributed by atoms with Gasteiger partial charge >= 0.3 is 0 Å². The number of hydrogen-bond acceptors (Lipinski definition) is 3. The summed E-state index contributed by atoms with van der Waals surface area (Å²) in [7, 11) is 3.39. The molecule has 0 radical (unpaired) electrons. The van der Waals surface area contributed by atoms with E-state index in [2.05, 4.69) is 0 Å². The van der Waals surface area contributed by atoms with E-state index in [4.69, 9.17) is 10.8 Å². The molecule has 4 nitrogen and oxygen atoms in total. The molecule has 0 aromatic heterocycles. The molecule has 0 aliphatic carbocycles. The van der Waals surface area contributed by atoms with Crippen LogP contribution in [-0.2, 0) is 4.79 Å². The van der Waals surface area contributed by atoms with Crippen molar-refractivity contribution in [2.45, 2.75) is 19.1 Å². The molecule has 0 saturated heterocycles. The lowest BCUT2D eigenvalue weighted by molar-refractivity contribution is -0.125. The predicted octanol–water partition coefficient (Wildman–Crippen LogP) is -1.22. The van der Waals surface area contributed by atoms with Crippen molar-refractivity contribution in [1.29, 1.82) is 0 Å². The van der Waals surface area contributed by atoms with Crippen LogP contribution in [0.3, 0.4) is 0 Å². The zero-order chi connectivity index (χ0) is 8.31. The first kappa shape index (κ1) is 9.39. The molecule has 2 atom stereocenters. The zero-order valence-electron chi connectivity index (χ0n) is 6.53. The molecule has 4 heteroatoms. The van der Waals surface area contributed by atoms with Crippen molar-refractivity contribution in [2.75, 3.05) is 14.1 Å². The number of nitrogens with zero attached hydrogens (tertiary/aromatic N) is 1. The van der Waals surface area contributed by atoms with Crippen LogP contribution in [0.15, 0.2) is 0 Å². The number of aliphatic hydroxyl groups is 1. The van der Waals surface area contributed by atoms with Gasteiger partial charge in [0.05, 0.1) is 6.10 Å². The van der Waals surface area contributed by atoms with E-state index in [1.54, 1.807) is 19.0 Å². The van der Waals surface area contributed by atoms with Gasteiger partial charge in [-0.3, -0.25) is 9.69 Å². The number of primary amides is 1. The average molecular weight is 146 g/mol. The molecule has 0 aliphatic heterocycles. The van der Waals surface area contributed by atoms with Gasteiger partial charge in [0.1, 0.15) is 6.04 Å². The first-order valence-corrected chi connectivity index (χ1v) is 3.10. The van der Waals surface area contributed by atoms with E-state index in [1.807, 2.05) is 0 Å². The van der Waals surface area contributed by atoms with Crippen molar-refractivity contribution in [2.24, 2.45) is 5.73 Å². The second-order valence-corrected chi connectivity index (χ2v) is 2.55. The van der Waals surface area contributed by atoms with E-state index in [9.17, 15) is 4.79 Å². The van der Waals surface area contributed by atoms with Crippen LogP contribution in [0.2, 0.25) is 0 Å². The molecule has 0 heterocycles. The largest absolute Gasteiger partial charge is 0.391 e. The summed E-state index contributed by atoms with van der Waals surface area (Å²) in [4.78, 5) is 12.2. The van der Waals surface area contributed by atoms with Crippen LogP contribution < -0.4 is 5.73 Å². The lowest BCUT2D eigenvalue weighted by Crippen LogP contribution is -2.47. The topological polar surface area (TPSA) is 66.6 Å². The summed E-state index contributed by atoms with van der Waals surface area (Å²) in [6, 6.07) is -0.583. The van der Waals surface area contributed by atoms with Crippen LogP contribution in [-0.4, -0.2) is 42.2 Å². The van der Waals surface area contributed by atoms with Gasteiger partial charge in [0.2, 0.25) is 5.91 Å². The number of aliphatic hydroxyl groups excluding tert-OH is 1. The van der Waals surface area contributed by atoms with Gasteiger partial charge in [-0.1, -0.05) is 0 Å². The average Bonchev–Trinajstić information content (AvgIpc) is 1.59. The van der Waals surface area contributed by atoms with E-state index in [0.29, 0.717) is 0 Å². The lowest BCUT2D eigenvalue weighted by atomic mass is 10.1. The predicted molar refractivity (Wildman–Crippen MR) is 38.4 cm³/mol. The van der Waals surface area contributed by atoms with E-state index >= 15 is 0 Å². The quantitative estimate of drug-likeness (QED) is 0.524. The molecule has 1 amide bonds. The third kappa shape index (κ3) is 2.33. The number of likely N-dealkylation sites (N-methyl/N-ethyl adjacent to an activating group) is 1. The highest BCUT2D eigenvalue weighted by Gasteiger charge is 2.22. The highest BCUT2D eigenvalue weighted by atomic mass is 16.3. The molecule has 0 saturated carbocycles. The summed E-state index contributed by atoms with van der Waals surface area (Å²) in [6.07, 6.45) is -0.715. The number of carbonyl (C=O) groups excluding carboxylic acids is 1. The monoisotopic (exact) mass is 146 g/mol. The van der Waals surface area contributed by atoms with Crippen molar-refractivity contribution in [3.63, 3.8) is 0 Å². The molecule has 3 N–H and O–H groups in total. The Balaban J connectivity index is 4.12. The molecule has 60 valence electrons. The van der Waals surface area contributed by atoms with Gasteiger partial charge < -0.3 is 10.8 Å². The standard InChI is InChI=1S/C6H14N2O2/c1-4(9)5(6(7)10)8(2)3/h4-5,9H,1-3H3,(H2,7,10). The van der Waals surface area contributed by atoms with Gasteiger partial charge in [-0.05, 0) is 21.0 Å². The minimum atomic E-state index is -0.715. The Morgan fingerprint density at radius 1 is 1.60 bits per heavy atom. The summed E-state index contributed by atoms with van der Waals surface area (Å²) >= 11 is 0. The molecule has 2 unspecified atom stereocenters. The van der Waals surface area contributed by atoms with E-state index in [0.717, 1.165) is 0 Å². The van der Waals surface area contributed by atoms with Crippen molar-refractivity contribution < 1.29 is 9.90 Å². The van der Waals surface area contributed by atoms with E-state index in [1.165, 1.54) is 6.92 Å². The van der Waals surface area contributed by atoms with Gasteiger partial charge in [-0.15, -0.1) is 0 Å².